The molecule has 0 aromatic heterocycles. The van der Waals surface area contributed by atoms with Crippen LogP contribution in [-0.4, -0.2) is 31.2 Å². The fraction of sp³-hybridized carbons (Fsp3) is 1.00. The molecular weight excluding hydrogens is 466 g/mol. The van der Waals surface area contributed by atoms with Gasteiger partial charge in [0.05, 0.1) is 26.7 Å². The number of rotatable bonds is 27. The first-order valence-electron chi connectivity index (χ1n) is 15.5. The van der Waals surface area contributed by atoms with Crippen molar-refractivity contribution in [2.24, 2.45) is 0 Å². The van der Waals surface area contributed by atoms with E-state index >= 15 is 0 Å². The molecule has 0 saturated carbocycles. The Morgan fingerprint density at radius 2 is 0.545 bits per heavy atom. The van der Waals surface area contributed by atoms with E-state index in [1.807, 2.05) is 0 Å². The Morgan fingerprint density at radius 3 is 0.758 bits per heavy atom. The molecular formula is C31H66BrN. The minimum absolute atomic E-state index is 0. The van der Waals surface area contributed by atoms with Crippen molar-refractivity contribution in [1.29, 1.82) is 0 Å². The van der Waals surface area contributed by atoms with E-state index in [0.29, 0.717) is 0 Å². The zero-order valence-corrected chi connectivity index (χ0v) is 25.5. The second-order valence-electron chi connectivity index (χ2n) is 11.2. The lowest BCUT2D eigenvalue weighted by molar-refractivity contribution is -0.908. The van der Waals surface area contributed by atoms with Gasteiger partial charge in [-0.05, 0) is 32.6 Å². The second kappa shape index (κ2) is 28.7. The number of halogens is 1. The summed E-state index contributed by atoms with van der Waals surface area (Å²) in [5.41, 5.74) is 0. The number of nitrogens with zero attached hydrogens (tertiary/aromatic N) is 1. The molecule has 0 radical (unpaired) electrons. The Labute approximate surface area is 222 Å². The van der Waals surface area contributed by atoms with Crippen molar-refractivity contribution in [2.45, 2.75) is 175 Å². The molecule has 0 aromatic rings. The molecule has 2 heteroatoms. The molecule has 0 aromatic carbocycles. The maximum Gasteiger partial charge on any atom is 0.0784 e. The molecule has 0 bridgehead atoms. The van der Waals surface area contributed by atoms with Crippen LogP contribution in [-0.2, 0) is 0 Å². The van der Waals surface area contributed by atoms with E-state index in [-0.39, 0.29) is 17.0 Å². The Hall–Kier alpha value is 0.440. The van der Waals surface area contributed by atoms with Crippen molar-refractivity contribution in [2.75, 3.05) is 26.7 Å². The summed E-state index contributed by atoms with van der Waals surface area (Å²) >= 11 is 0. The van der Waals surface area contributed by atoms with Crippen LogP contribution in [0.5, 0.6) is 0 Å². The standard InChI is InChI=1S/C31H66N.BrH/c1-5-8-10-12-14-16-18-20-22-24-26-28-30-32(4,7-3)31-29-27-25-23-21-19-17-15-13-11-9-6-2;/h5-31H2,1-4H3;1H/q+1;/p-1. The fourth-order valence-electron chi connectivity index (χ4n) is 5.10. The molecule has 0 heterocycles. The summed E-state index contributed by atoms with van der Waals surface area (Å²) in [7, 11) is 2.51. The van der Waals surface area contributed by atoms with Gasteiger partial charge in [0.1, 0.15) is 0 Å². The molecule has 0 aliphatic carbocycles. The van der Waals surface area contributed by atoms with Crippen LogP contribution >= 0.6 is 0 Å². The molecule has 0 amide bonds. The van der Waals surface area contributed by atoms with Gasteiger partial charge in [-0.2, -0.15) is 0 Å². The minimum atomic E-state index is 0. The van der Waals surface area contributed by atoms with Crippen LogP contribution in [0.25, 0.3) is 0 Å². The molecule has 202 valence electrons. The molecule has 0 saturated heterocycles. The summed E-state index contributed by atoms with van der Waals surface area (Å²) in [4.78, 5) is 0. The maximum atomic E-state index is 2.51. The molecule has 0 unspecified atom stereocenters. The van der Waals surface area contributed by atoms with Gasteiger partial charge in [0.2, 0.25) is 0 Å². The SMILES string of the molecule is CCCCCCCCCCCCCC[N+](C)(CC)CCCCCCCCCCCCCC.[Br-]. The monoisotopic (exact) mass is 531 g/mol. The zero-order valence-electron chi connectivity index (χ0n) is 23.9. The largest absolute Gasteiger partial charge is 1.00 e. The van der Waals surface area contributed by atoms with Crippen LogP contribution in [0.3, 0.4) is 0 Å². The lowest BCUT2D eigenvalue weighted by atomic mass is 10.0. The third-order valence-electron chi connectivity index (χ3n) is 7.87. The molecule has 0 aliphatic rings. The van der Waals surface area contributed by atoms with Crippen LogP contribution < -0.4 is 17.0 Å². The molecule has 0 spiro atoms. The van der Waals surface area contributed by atoms with E-state index < -0.39 is 0 Å². The molecule has 0 N–H and O–H groups in total. The first kappa shape index (κ1) is 35.6. The van der Waals surface area contributed by atoms with Crippen molar-refractivity contribution >= 4 is 0 Å². The third kappa shape index (κ3) is 26.9. The topological polar surface area (TPSA) is 0 Å². The first-order valence-corrected chi connectivity index (χ1v) is 15.5. The Kier molecular flexibility index (Phi) is 30.9. The van der Waals surface area contributed by atoms with Crippen molar-refractivity contribution < 1.29 is 21.5 Å². The summed E-state index contributed by atoms with van der Waals surface area (Å²) in [6.07, 6.45) is 35.0. The fourth-order valence-corrected chi connectivity index (χ4v) is 5.10. The summed E-state index contributed by atoms with van der Waals surface area (Å²) in [6.45, 7) is 11.2. The maximum absolute atomic E-state index is 2.51. The van der Waals surface area contributed by atoms with Crippen LogP contribution in [0.4, 0.5) is 0 Å². The van der Waals surface area contributed by atoms with Crippen molar-refractivity contribution in [3.05, 3.63) is 0 Å². The Morgan fingerprint density at radius 1 is 0.333 bits per heavy atom. The summed E-state index contributed by atoms with van der Waals surface area (Å²) in [5.74, 6) is 0. The molecule has 1 nitrogen and oxygen atoms in total. The smallest absolute Gasteiger partial charge is 0.0784 e. The highest BCUT2D eigenvalue weighted by molar-refractivity contribution is 4.51. The number of hydrogen-bond donors (Lipinski definition) is 0. The third-order valence-corrected chi connectivity index (χ3v) is 7.87. The van der Waals surface area contributed by atoms with E-state index in [4.69, 9.17) is 0 Å². The quantitative estimate of drug-likeness (QED) is 0.0746. The average molecular weight is 533 g/mol. The van der Waals surface area contributed by atoms with Gasteiger partial charge < -0.3 is 21.5 Å². The molecule has 0 aliphatic heterocycles. The van der Waals surface area contributed by atoms with Crippen LogP contribution in [0.1, 0.15) is 175 Å². The zero-order chi connectivity index (χ0) is 23.6. The highest BCUT2D eigenvalue weighted by atomic mass is 79.9. The minimum Gasteiger partial charge on any atom is -1.00 e. The number of unbranched alkanes of at least 4 members (excludes halogenated alkanes) is 22. The van der Waals surface area contributed by atoms with Crippen LogP contribution in [0, 0.1) is 0 Å². The van der Waals surface area contributed by atoms with Crippen LogP contribution in [0.2, 0.25) is 0 Å². The first-order chi connectivity index (χ1) is 15.7. The highest BCUT2D eigenvalue weighted by Gasteiger charge is 2.17. The summed E-state index contributed by atoms with van der Waals surface area (Å²) in [6, 6.07) is 0. The van der Waals surface area contributed by atoms with Gasteiger partial charge in [-0.3, -0.25) is 0 Å². The summed E-state index contributed by atoms with van der Waals surface area (Å²) < 4.78 is 1.32. The molecule has 0 atom stereocenters. The normalized spacial score (nSPS) is 11.6. The predicted molar refractivity (Wildman–Crippen MR) is 149 cm³/mol. The van der Waals surface area contributed by atoms with Gasteiger partial charge >= 0.3 is 0 Å². The second-order valence-corrected chi connectivity index (χ2v) is 11.2. The van der Waals surface area contributed by atoms with Gasteiger partial charge in [0, 0.05) is 0 Å². The van der Waals surface area contributed by atoms with Gasteiger partial charge in [0.25, 0.3) is 0 Å². The van der Waals surface area contributed by atoms with Crippen molar-refractivity contribution in [1.82, 2.24) is 0 Å². The lowest BCUT2D eigenvalue weighted by Gasteiger charge is -2.33. The van der Waals surface area contributed by atoms with E-state index in [2.05, 4.69) is 27.8 Å². The summed E-state index contributed by atoms with van der Waals surface area (Å²) in [5, 5.41) is 0. The van der Waals surface area contributed by atoms with E-state index in [0.717, 1.165) is 0 Å². The molecule has 0 rings (SSSR count). The van der Waals surface area contributed by atoms with E-state index in [1.165, 1.54) is 178 Å². The van der Waals surface area contributed by atoms with Crippen molar-refractivity contribution in [3.63, 3.8) is 0 Å². The van der Waals surface area contributed by atoms with Crippen LogP contribution in [0.15, 0.2) is 0 Å². The molecule has 33 heavy (non-hydrogen) atoms. The number of hydrogen-bond acceptors (Lipinski definition) is 0. The van der Waals surface area contributed by atoms with Gasteiger partial charge in [0.15, 0.2) is 0 Å². The Bertz CT molecular complexity index is 316. The van der Waals surface area contributed by atoms with Gasteiger partial charge in [-0.1, -0.05) is 142 Å². The van der Waals surface area contributed by atoms with Gasteiger partial charge in [-0.15, -0.1) is 0 Å². The lowest BCUT2D eigenvalue weighted by Crippen LogP contribution is -3.00. The highest BCUT2D eigenvalue weighted by Crippen LogP contribution is 2.16. The van der Waals surface area contributed by atoms with E-state index in [9.17, 15) is 0 Å². The Balaban J connectivity index is 0. The molecule has 0 fully saturated rings. The predicted octanol–water partition coefficient (Wildman–Crippen LogP) is 7.86. The van der Waals surface area contributed by atoms with Gasteiger partial charge in [-0.25, -0.2) is 0 Å². The average Bonchev–Trinajstić information content (AvgIpc) is 2.80. The number of quaternary nitrogens is 1. The van der Waals surface area contributed by atoms with Crippen molar-refractivity contribution in [3.8, 4) is 0 Å². The van der Waals surface area contributed by atoms with E-state index in [1.54, 1.807) is 0 Å².